The van der Waals surface area contributed by atoms with Crippen LogP contribution < -0.4 is 0 Å². The van der Waals surface area contributed by atoms with E-state index in [1.54, 1.807) is 0 Å². The Labute approximate surface area is 119 Å². The maximum absolute atomic E-state index is 11.9. The number of hydrogen-bond donors (Lipinski definition) is 1. The van der Waals surface area contributed by atoms with Gasteiger partial charge < -0.3 is 24.1 Å². The van der Waals surface area contributed by atoms with Crippen molar-refractivity contribution in [3.8, 4) is 0 Å². The molecule has 0 amide bonds. The number of aliphatic hydroxyl groups is 1. The molecule has 0 bridgehead atoms. The highest BCUT2D eigenvalue weighted by molar-refractivity contribution is 6.15. The zero-order valence-corrected chi connectivity index (χ0v) is 11.8. The lowest BCUT2D eigenvalue weighted by Gasteiger charge is -2.42. The van der Waals surface area contributed by atoms with Crippen LogP contribution in [0.15, 0.2) is 0 Å². The smallest absolute Gasteiger partial charge is 0.354 e. The summed E-state index contributed by atoms with van der Waals surface area (Å²) >= 11 is 0. The summed E-state index contributed by atoms with van der Waals surface area (Å²) in [5.41, 5.74) is -3.14. The first-order valence-corrected chi connectivity index (χ1v) is 6.04. The minimum Gasteiger partial charge on any atom is -0.422 e. The predicted molar refractivity (Wildman–Crippen MR) is 61.0 cm³/mol. The Hall–Kier alpha value is -2.16. The lowest BCUT2D eigenvalue weighted by atomic mass is 9.85. The van der Waals surface area contributed by atoms with E-state index in [-0.39, 0.29) is 0 Å². The van der Waals surface area contributed by atoms with Gasteiger partial charge in [0.05, 0.1) is 0 Å². The minimum atomic E-state index is -3.14. The Morgan fingerprint density at radius 2 is 1.10 bits per heavy atom. The number of carbonyl (C=O) groups excluding carboxylic acids is 4. The van der Waals surface area contributed by atoms with Gasteiger partial charge in [0.1, 0.15) is 0 Å². The first kappa shape index (κ1) is 15.2. The van der Waals surface area contributed by atoms with E-state index in [2.05, 4.69) is 0 Å². The molecule has 9 heteroatoms. The minimum absolute atomic E-state index is 1.25. The Balaban J connectivity index is 2.40. The molecule has 0 aromatic carbocycles. The number of hydrogen-bond acceptors (Lipinski definition) is 9. The Bertz CT molecular complexity index is 505. The molecule has 2 saturated heterocycles. The van der Waals surface area contributed by atoms with Crippen LogP contribution in [0.4, 0.5) is 0 Å². The molecular weight excluding hydrogens is 288 g/mol. The highest BCUT2D eigenvalue weighted by atomic mass is 16.8. The van der Waals surface area contributed by atoms with Crippen molar-refractivity contribution in [3.63, 3.8) is 0 Å². The lowest BCUT2D eigenvalue weighted by molar-refractivity contribution is -0.279. The van der Waals surface area contributed by atoms with Gasteiger partial charge in [-0.15, -0.1) is 0 Å². The summed E-state index contributed by atoms with van der Waals surface area (Å²) < 4.78 is 19.0. The molecular formula is C12H14O9. The van der Waals surface area contributed by atoms with Gasteiger partial charge >= 0.3 is 23.9 Å². The number of ether oxygens (including phenoxy) is 4. The van der Waals surface area contributed by atoms with Crippen LogP contribution in [0.1, 0.15) is 27.7 Å². The highest BCUT2D eigenvalue weighted by Gasteiger charge is 2.68. The number of esters is 4. The summed E-state index contributed by atoms with van der Waals surface area (Å²) in [7, 11) is 0. The molecule has 0 spiro atoms. The van der Waals surface area contributed by atoms with Gasteiger partial charge in [-0.1, -0.05) is 0 Å². The summed E-state index contributed by atoms with van der Waals surface area (Å²) in [6, 6.07) is 0. The standard InChI is InChI=1S/C12H14O9/c1-10(2)18-6(13)5(7(14)19-10)12(17)8(15)20-11(3,4)21-9(12)16/h5,17H,1-4H3. The molecule has 116 valence electrons. The van der Waals surface area contributed by atoms with Gasteiger partial charge in [0.2, 0.25) is 5.92 Å². The van der Waals surface area contributed by atoms with Crippen LogP contribution in [0.2, 0.25) is 0 Å². The van der Waals surface area contributed by atoms with Gasteiger partial charge in [0, 0.05) is 27.7 Å². The zero-order chi connectivity index (χ0) is 16.2. The maximum Gasteiger partial charge on any atom is 0.354 e. The summed E-state index contributed by atoms with van der Waals surface area (Å²) in [5.74, 6) is -10.9. The molecule has 0 atom stereocenters. The lowest BCUT2D eigenvalue weighted by Crippen LogP contribution is -2.67. The molecule has 1 N–H and O–H groups in total. The quantitative estimate of drug-likeness (QED) is 0.479. The van der Waals surface area contributed by atoms with Crippen LogP contribution in [0.3, 0.4) is 0 Å². The summed E-state index contributed by atoms with van der Waals surface area (Å²) in [4.78, 5) is 47.6. The van der Waals surface area contributed by atoms with Gasteiger partial charge in [-0.25, -0.2) is 9.59 Å². The fraction of sp³-hybridized carbons (Fsp3) is 0.667. The Morgan fingerprint density at radius 3 is 1.48 bits per heavy atom. The molecule has 0 aromatic rings. The predicted octanol–water partition coefficient (Wildman–Crippen LogP) is -0.994. The van der Waals surface area contributed by atoms with E-state index in [1.165, 1.54) is 27.7 Å². The third kappa shape index (κ3) is 2.33. The summed E-state index contributed by atoms with van der Waals surface area (Å²) in [6.07, 6.45) is 0. The fourth-order valence-electron chi connectivity index (χ4n) is 2.00. The molecule has 21 heavy (non-hydrogen) atoms. The molecule has 2 aliphatic heterocycles. The van der Waals surface area contributed by atoms with E-state index in [9.17, 15) is 24.3 Å². The van der Waals surface area contributed by atoms with Crippen LogP contribution >= 0.6 is 0 Å². The van der Waals surface area contributed by atoms with E-state index in [0.717, 1.165) is 0 Å². The molecule has 0 radical (unpaired) electrons. The normalized spacial score (nSPS) is 27.3. The van der Waals surface area contributed by atoms with Crippen molar-refractivity contribution in [1.29, 1.82) is 0 Å². The van der Waals surface area contributed by atoms with E-state index in [4.69, 9.17) is 18.9 Å². The molecule has 2 rings (SSSR count). The molecule has 9 nitrogen and oxygen atoms in total. The van der Waals surface area contributed by atoms with Crippen molar-refractivity contribution in [3.05, 3.63) is 0 Å². The molecule has 0 unspecified atom stereocenters. The highest BCUT2D eigenvalue weighted by Crippen LogP contribution is 2.36. The molecule has 0 saturated carbocycles. The van der Waals surface area contributed by atoms with Crippen molar-refractivity contribution in [2.24, 2.45) is 5.92 Å². The van der Waals surface area contributed by atoms with Gasteiger partial charge in [0.25, 0.3) is 17.2 Å². The van der Waals surface area contributed by atoms with Gasteiger partial charge in [0.15, 0.2) is 0 Å². The van der Waals surface area contributed by atoms with Gasteiger partial charge in [-0.3, -0.25) is 9.59 Å². The second-order valence-corrected chi connectivity index (χ2v) is 5.62. The van der Waals surface area contributed by atoms with Crippen LogP contribution in [0, 0.1) is 5.92 Å². The van der Waals surface area contributed by atoms with Crippen molar-refractivity contribution < 1.29 is 43.2 Å². The van der Waals surface area contributed by atoms with E-state index >= 15 is 0 Å². The Morgan fingerprint density at radius 1 is 0.762 bits per heavy atom. The van der Waals surface area contributed by atoms with Gasteiger partial charge in [-0.2, -0.15) is 0 Å². The van der Waals surface area contributed by atoms with Gasteiger partial charge in [-0.05, 0) is 0 Å². The van der Waals surface area contributed by atoms with E-state index < -0.39 is 47.0 Å². The molecule has 2 fully saturated rings. The van der Waals surface area contributed by atoms with Crippen molar-refractivity contribution in [2.75, 3.05) is 0 Å². The Kier molecular flexibility index (Phi) is 3.02. The summed E-state index contributed by atoms with van der Waals surface area (Å²) in [6.45, 7) is 5.07. The third-order valence-electron chi connectivity index (χ3n) is 2.88. The van der Waals surface area contributed by atoms with Crippen molar-refractivity contribution >= 4 is 23.9 Å². The SMILES string of the molecule is CC1(C)OC(=O)C(C2(O)C(=O)OC(C)(C)OC2=O)C(=O)O1. The van der Waals surface area contributed by atoms with E-state index in [1.807, 2.05) is 0 Å². The largest absolute Gasteiger partial charge is 0.422 e. The third-order valence-corrected chi connectivity index (χ3v) is 2.88. The molecule has 0 aromatic heterocycles. The summed E-state index contributed by atoms with van der Waals surface area (Å²) in [5, 5.41) is 10.2. The molecule has 2 heterocycles. The topological polar surface area (TPSA) is 125 Å². The maximum atomic E-state index is 11.9. The number of cyclic esters (lactones) is 4. The van der Waals surface area contributed by atoms with E-state index in [0.29, 0.717) is 0 Å². The van der Waals surface area contributed by atoms with Crippen molar-refractivity contribution in [1.82, 2.24) is 0 Å². The average molecular weight is 302 g/mol. The second-order valence-electron chi connectivity index (χ2n) is 5.62. The monoisotopic (exact) mass is 302 g/mol. The number of carbonyl (C=O) groups is 4. The van der Waals surface area contributed by atoms with Crippen molar-refractivity contribution in [2.45, 2.75) is 44.9 Å². The molecule has 0 aliphatic carbocycles. The average Bonchev–Trinajstić information content (AvgIpc) is 2.22. The fourth-order valence-corrected chi connectivity index (χ4v) is 2.00. The number of rotatable bonds is 1. The first-order valence-electron chi connectivity index (χ1n) is 6.04. The van der Waals surface area contributed by atoms with Crippen LogP contribution in [0.5, 0.6) is 0 Å². The molecule has 2 aliphatic rings. The van der Waals surface area contributed by atoms with Crippen LogP contribution in [-0.2, 0) is 38.1 Å². The second kappa shape index (κ2) is 4.17. The van der Waals surface area contributed by atoms with Crippen LogP contribution in [-0.4, -0.2) is 46.2 Å². The van der Waals surface area contributed by atoms with Crippen LogP contribution in [0.25, 0.3) is 0 Å². The zero-order valence-electron chi connectivity index (χ0n) is 11.8. The first-order chi connectivity index (χ1) is 9.39.